The lowest BCUT2D eigenvalue weighted by Crippen LogP contribution is -2.11. The van der Waals surface area contributed by atoms with Gasteiger partial charge in [-0.05, 0) is 24.3 Å². The molecule has 18 heavy (non-hydrogen) atoms. The highest BCUT2D eigenvalue weighted by Crippen LogP contribution is 2.25. The Labute approximate surface area is 104 Å². The van der Waals surface area contributed by atoms with Gasteiger partial charge < -0.3 is 9.73 Å². The molecule has 0 bridgehead atoms. The Bertz CT molecular complexity index is 686. The zero-order valence-electron chi connectivity index (χ0n) is 9.59. The average molecular weight is 237 g/mol. The number of furan rings is 1. The van der Waals surface area contributed by atoms with Crippen molar-refractivity contribution in [2.24, 2.45) is 0 Å². The monoisotopic (exact) mass is 237 g/mol. The number of nitrogens with one attached hydrogen (secondary N) is 1. The van der Waals surface area contributed by atoms with Crippen LogP contribution in [0.15, 0.2) is 65.3 Å². The second-order valence-corrected chi connectivity index (χ2v) is 3.97. The summed E-state index contributed by atoms with van der Waals surface area (Å²) in [7, 11) is 0. The van der Waals surface area contributed by atoms with Gasteiger partial charge in [0, 0.05) is 10.9 Å². The van der Waals surface area contributed by atoms with Crippen molar-refractivity contribution in [3.8, 4) is 0 Å². The van der Waals surface area contributed by atoms with E-state index in [-0.39, 0.29) is 5.91 Å². The van der Waals surface area contributed by atoms with Crippen molar-refractivity contribution in [1.82, 2.24) is 0 Å². The fourth-order valence-corrected chi connectivity index (χ4v) is 1.86. The number of anilines is 1. The molecule has 1 amide bonds. The van der Waals surface area contributed by atoms with Crippen LogP contribution in [0.25, 0.3) is 11.0 Å². The zero-order chi connectivity index (χ0) is 12.4. The fourth-order valence-electron chi connectivity index (χ4n) is 1.86. The fraction of sp³-hybridized carbons (Fsp3) is 0. The van der Waals surface area contributed by atoms with E-state index in [1.165, 1.54) is 0 Å². The minimum absolute atomic E-state index is 0.137. The molecule has 1 aromatic heterocycles. The molecule has 0 unspecified atom stereocenters. The van der Waals surface area contributed by atoms with Gasteiger partial charge >= 0.3 is 0 Å². The summed E-state index contributed by atoms with van der Waals surface area (Å²) >= 11 is 0. The molecule has 0 radical (unpaired) electrons. The van der Waals surface area contributed by atoms with Crippen molar-refractivity contribution in [3.63, 3.8) is 0 Å². The Kier molecular flexibility index (Phi) is 2.57. The first kappa shape index (κ1) is 10.6. The number of rotatable bonds is 2. The van der Waals surface area contributed by atoms with E-state index in [9.17, 15) is 4.79 Å². The van der Waals surface area contributed by atoms with Crippen molar-refractivity contribution < 1.29 is 9.21 Å². The molecular weight excluding hydrogens is 226 g/mol. The number of benzene rings is 2. The summed E-state index contributed by atoms with van der Waals surface area (Å²) in [6.07, 6.45) is 1.56. The Morgan fingerprint density at radius 2 is 1.67 bits per heavy atom. The molecule has 2 aromatic carbocycles. The van der Waals surface area contributed by atoms with Crippen molar-refractivity contribution in [2.45, 2.75) is 0 Å². The Balaban J connectivity index is 1.91. The minimum atomic E-state index is -0.137. The third-order valence-corrected chi connectivity index (χ3v) is 2.77. The first-order chi connectivity index (χ1) is 8.84. The lowest BCUT2D eigenvalue weighted by molar-refractivity contribution is 0.102. The summed E-state index contributed by atoms with van der Waals surface area (Å²) < 4.78 is 5.37. The zero-order valence-corrected chi connectivity index (χ0v) is 9.59. The summed E-state index contributed by atoms with van der Waals surface area (Å²) in [5.41, 5.74) is 2.09. The van der Waals surface area contributed by atoms with Crippen LogP contribution < -0.4 is 5.32 Å². The molecule has 0 aliphatic heterocycles. The van der Waals surface area contributed by atoms with Gasteiger partial charge in [-0.15, -0.1) is 0 Å². The van der Waals surface area contributed by atoms with E-state index >= 15 is 0 Å². The molecule has 0 atom stereocenters. The maximum atomic E-state index is 12.0. The number of para-hydroxylation sites is 1. The van der Waals surface area contributed by atoms with Crippen molar-refractivity contribution in [3.05, 3.63) is 66.4 Å². The van der Waals surface area contributed by atoms with Gasteiger partial charge in [-0.3, -0.25) is 4.79 Å². The van der Waals surface area contributed by atoms with Gasteiger partial charge in [-0.1, -0.05) is 30.3 Å². The first-order valence-electron chi connectivity index (χ1n) is 5.67. The van der Waals surface area contributed by atoms with E-state index in [0.29, 0.717) is 11.3 Å². The molecule has 0 saturated heterocycles. The SMILES string of the molecule is O=C(Nc1coc2ccccc12)c1ccccc1. The molecule has 3 rings (SSSR count). The molecule has 1 heterocycles. The van der Waals surface area contributed by atoms with Crippen LogP contribution in [0.3, 0.4) is 0 Å². The van der Waals surface area contributed by atoms with Gasteiger partial charge in [0.1, 0.15) is 11.8 Å². The van der Waals surface area contributed by atoms with Gasteiger partial charge in [-0.25, -0.2) is 0 Å². The van der Waals surface area contributed by atoms with Gasteiger partial charge in [0.05, 0.1) is 5.69 Å². The standard InChI is InChI=1S/C15H11NO2/c17-15(11-6-2-1-3-7-11)16-13-10-18-14-9-5-4-8-12(13)14/h1-10H,(H,16,17). The highest BCUT2D eigenvalue weighted by molar-refractivity contribution is 6.08. The van der Waals surface area contributed by atoms with Gasteiger partial charge in [0.25, 0.3) is 5.91 Å². The van der Waals surface area contributed by atoms with Crippen molar-refractivity contribution in [1.29, 1.82) is 0 Å². The van der Waals surface area contributed by atoms with Crippen LogP contribution >= 0.6 is 0 Å². The number of hydrogen-bond acceptors (Lipinski definition) is 2. The van der Waals surface area contributed by atoms with E-state index in [4.69, 9.17) is 4.42 Å². The maximum Gasteiger partial charge on any atom is 0.255 e. The summed E-state index contributed by atoms with van der Waals surface area (Å²) in [5.74, 6) is -0.137. The largest absolute Gasteiger partial charge is 0.462 e. The van der Waals surface area contributed by atoms with Crippen molar-refractivity contribution >= 4 is 22.6 Å². The number of carbonyl (C=O) groups is 1. The normalized spacial score (nSPS) is 10.4. The molecule has 1 N–H and O–H groups in total. The summed E-state index contributed by atoms with van der Waals surface area (Å²) in [6, 6.07) is 16.7. The molecular formula is C15H11NO2. The first-order valence-corrected chi connectivity index (χ1v) is 5.67. The highest BCUT2D eigenvalue weighted by atomic mass is 16.3. The number of fused-ring (bicyclic) bond motifs is 1. The van der Waals surface area contributed by atoms with Crippen LogP contribution in [-0.4, -0.2) is 5.91 Å². The van der Waals surface area contributed by atoms with Gasteiger partial charge in [0.15, 0.2) is 0 Å². The van der Waals surface area contributed by atoms with Crippen LogP contribution in [0.2, 0.25) is 0 Å². The molecule has 0 spiro atoms. The van der Waals surface area contributed by atoms with Gasteiger partial charge in [0.2, 0.25) is 0 Å². The topological polar surface area (TPSA) is 42.2 Å². The van der Waals surface area contributed by atoms with E-state index in [2.05, 4.69) is 5.32 Å². The third kappa shape index (κ3) is 1.86. The quantitative estimate of drug-likeness (QED) is 0.738. The second-order valence-electron chi connectivity index (χ2n) is 3.97. The smallest absolute Gasteiger partial charge is 0.255 e. The molecule has 3 aromatic rings. The Morgan fingerprint density at radius 1 is 0.944 bits per heavy atom. The molecule has 0 aliphatic rings. The lowest BCUT2D eigenvalue weighted by Gasteiger charge is -2.02. The third-order valence-electron chi connectivity index (χ3n) is 2.77. The Morgan fingerprint density at radius 3 is 2.50 bits per heavy atom. The van der Waals surface area contributed by atoms with Crippen LogP contribution in [0, 0.1) is 0 Å². The van der Waals surface area contributed by atoms with E-state index < -0.39 is 0 Å². The summed E-state index contributed by atoms with van der Waals surface area (Å²) in [5, 5.41) is 3.75. The van der Waals surface area contributed by atoms with Crippen LogP contribution in [0.4, 0.5) is 5.69 Å². The van der Waals surface area contributed by atoms with Crippen LogP contribution in [0.1, 0.15) is 10.4 Å². The van der Waals surface area contributed by atoms with E-state index in [0.717, 1.165) is 11.0 Å². The Hall–Kier alpha value is -2.55. The molecule has 0 fully saturated rings. The van der Waals surface area contributed by atoms with Gasteiger partial charge in [-0.2, -0.15) is 0 Å². The molecule has 3 nitrogen and oxygen atoms in total. The summed E-state index contributed by atoms with van der Waals surface area (Å²) in [6.45, 7) is 0. The van der Waals surface area contributed by atoms with Crippen LogP contribution in [0.5, 0.6) is 0 Å². The molecule has 0 saturated carbocycles. The molecule has 88 valence electrons. The number of carbonyl (C=O) groups excluding carboxylic acids is 1. The lowest BCUT2D eigenvalue weighted by atomic mass is 10.2. The second kappa shape index (κ2) is 4.37. The van der Waals surface area contributed by atoms with Crippen LogP contribution in [-0.2, 0) is 0 Å². The van der Waals surface area contributed by atoms with Crippen molar-refractivity contribution in [2.75, 3.05) is 5.32 Å². The maximum absolute atomic E-state index is 12.0. The highest BCUT2D eigenvalue weighted by Gasteiger charge is 2.09. The van der Waals surface area contributed by atoms with E-state index in [1.54, 1.807) is 18.4 Å². The van der Waals surface area contributed by atoms with E-state index in [1.807, 2.05) is 42.5 Å². The molecule has 3 heteroatoms. The molecule has 0 aliphatic carbocycles. The predicted octanol–water partition coefficient (Wildman–Crippen LogP) is 3.69. The number of hydrogen-bond donors (Lipinski definition) is 1. The minimum Gasteiger partial charge on any atom is -0.462 e. The number of amides is 1. The summed E-state index contributed by atoms with van der Waals surface area (Å²) in [4.78, 5) is 12.0. The predicted molar refractivity (Wildman–Crippen MR) is 70.6 cm³/mol. The average Bonchev–Trinajstić information content (AvgIpc) is 2.83.